The number of nitrogens with zero attached hydrogens (tertiary/aromatic N) is 3. The molecule has 96 valence electrons. The lowest BCUT2D eigenvalue weighted by atomic mass is 9.80. The maximum Gasteiger partial charge on any atom is 0.159 e. The molecule has 0 saturated heterocycles. The number of rotatable bonds is 4. The maximum atomic E-state index is 9.28. The van der Waals surface area contributed by atoms with Crippen LogP contribution in [0.15, 0.2) is 0 Å². The smallest absolute Gasteiger partial charge is 0.159 e. The van der Waals surface area contributed by atoms with Gasteiger partial charge in [-0.05, 0) is 24.2 Å². The summed E-state index contributed by atoms with van der Waals surface area (Å²) in [6, 6.07) is 0.536. The van der Waals surface area contributed by atoms with Crippen molar-refractivity contribution in [2.45, 2.75) is 59.6 Å². The summed E-state index contributed by atoms with van der Waals surface area (Å²) in [7, 11) is 0. The zero-order valence-corrected chi connectivity index (χ0v) is 11.3. The summed E-state index contributed by atoms with van der Waals surface area (Å²) in [6.07, 6.45) is 3.33. The SMILES string of the molecule is CC(Cc1nnc(CO)n1C1CC1)C(C)(C)C. The first kappa shape index (κ1) is 12.6. The van der Waals surface area contributed by atoms with E-state index in [1.165, 1.54) is 12.8 Å². The van der Waals surface area contributed by atoms with Crippen molar-refractivity contribution in [1.82, 2.24) is 14.8 Å². The average Bonchev–Trinajstić information content (AvgIpc) is 2.99. The lowest BCUT2D eigenvalue weighted by Crippen LogP contribution is -2.21. The van der Waals surface area contributed by atoms with E-state index < -0.39 is 0 Å². The van der Waals surface area contributed by atoms with Gasteiger partial charge in [0.2, 0.25) is 0 Å². The Labute approximate surface area is 103 Å². The fourth-order valence-electron chi connectivity index (χ4n) is 1.94. The zero-order chi connectivity index (χ0) is 12.6. The predicted octanol–water partition coefficient (Wildman–Crippen LogP) is 2.33. The second-order valence-electron chi connectivity index (χ2n) is 6.26. The van der Waals surface area contributed by atoms with Crippen molar-refractivity contribution in [3.63, 3.8) is 0 Å². The summed E-state index contributed by atoms with van der Waals surface area (Å²) < 4.78 is 2.15. The van der Waals surface area contributed by atoms with Crippen LogP contribution in [-0.2, 0) is 13.0 Å². The normalized spacial score (nSPS) is 18.4. The van der Waals surface area contributed by atoms with E-state index in [0.29, 0.717) is 12.0 Å². The second kappa shape index (κ2) is 4.41. The molecule has 1 heterocycles. The molecule has 17 heavy (non-hydrogen) atoms. The van der Waals surface area contributed by atoms with E-state index in [1.807, 2.05) is 0 Å². The highest BCUT2D eigenvalue weighted by Crippen LogP contribution is 2.38. The molecular weight excluding hydrogens is 214 g/mol. The monoisotopic (exact) mass is 237 g/mol. The maximum absolute atomic E-state index is 9.28. The van der Waals surface area contributed by atoms with Crippen molar-refractivity contribution in [2.24, 2.45) is 11.3 Å². The Hall–Kier alpha value is -0.900. The van der Waals surface area contributed by atoms with Crippen LogP contribution < -0.4 is 0 Å². The molecular formula is C13H23N3O. The van der Waals surface area contributed by atoms with E-state index in [0.717, 1.165) is 18.1 Å². The molecule has 2 rings (SSSR count). The summed E-state index contributed by atoms with van der Waals surface area (Å²) >= 11 is 0. The quantitative estimate of drug-likeness (QED) is 0.874. The fraction of sp³-hybridized carbons (Fsp3) is 0.846. The van der Waals surface area contributed by atoms with Crippen LogP contribution in [0.5, 0.6) is 0 Å². The Morgan fingerprint density at radius 1 is 1.29 bits per heavy atom. The first-order valence-electron chi connectivity index (χ1n) is 6.47. The van der Waals surface area contributed by atoms with Crippen LogP contribution >= 0.6 is 0 Å². The third kappa shape index (κ3) is 2.68. The van der Waals surface area contributed by atoms with E-state index in [-0.39, 0.29) is 12.0 Å². The molecule has 1 saturated carbocycles. The molecule has 1 aliphatic rings. The van der Waals surface area contributed by atoms with Gasteiger partial charge >= 0.3 is 0 Å². The molecule has 1 fully saturated rings. The Bertz CT molecular complexity index is 388. The summed E-state index contributed by atoms with van der Waals surface area (Å²) in [6.45, 7) is 9.01. The highest BCUT2D eigenvalue weighted by Gasteiger charge is 2.31. The van der Waals surface area contributed by atoms with Gasteiger partial charge in [-0.3, -0.25) is 0 Å². The molecule has 0 bridgehead atoms. The van der Waals surface area contributed by atoms with Crippen LogP contribution in [0.25, 0.3) is 0 Å². The summed E-state index contributed by atoms with van der Waals surface area (Å²) in [5.74, 6) is 2.32. The van der Waals surface area contributed by atoms with Gasteiger partial charge in [-0.25, -0.2) is 0 Å². The van der Waals surface area contributed by atoms with Gasteiger partial charge in [0.1, 0.15) is 12.4 Å². The first-order chi connectivity index (χ1) is 7.93. The van der Waals surface area contributed by atoms with Crippen molar-refractivity contribution in [3.8, 4) is 0 Å². The third-order valence-corrected chi connectivity index (χ3v) is 3.86. The minimum absolute atomic E-state index is 0.00655. The minimum atomic E-state index is -0.00655. The van der Waals surface area contributed by atoms with E-state index in [9.17, 15) is 5.11 Å². The molecule has 0 aromatic carbocycles. The van der Waals surface area contributed by atoms with Crippen LogP contribution in [-0.4, -0.2) is 19.9 Å². The Kier molecular flexibility index (Phi) is 3.25. The van der Waals surface area contributed by atoms with Crippen molar-refractivity contribution in [1.29, 1.82) is 0 Å². The van der Waals surface area contributed by atoms with Crippen LogP contribution in [0.1, 0.15) is 58.2 Å². The van der Waals surface area contributed by atoms with E-state index >= 15 is 0 Å². The number of aliphatic hydroxyl groups excluding tert-OH is 1. The van der Waals surface area contributed by atoms with Gasteiger partial charge in [0.25, 0.3) is 0 Å². The molecule has 4 heteroatoms. The number of hydrogen-bond donors (Lipinski definition) is 1. The van der Waals surface area contributed by atoms with E-state index in [1.54, 1.807) is 0 Å². The molecule has 0 spiro atoms. The van der Waals surface area contributed by atoms with Crippen molar-refractivity contribution in [3.05, 3.63) is 11.6 Å². The lowest BCUT2D eigenvalue weighted by Gasteiger charge is -2.27. The Balaban J connectivity index is 2.18. The van der Waals surface area contributed by atoms with Gasteiger partial charge in [-0.1, -0.05) is 27.7 Å². The standard InChI is InChI=1S/C13H23N3O/c1-9(13(2,3)4)7-11-14-15-12(8-17)16(11)10-5-6-10/h9-10,17H,5-8H2,1-4H3. The number of hydrogen-bond acceptors (Lipinski definition) is 3. The molecule has 1 unspecified atom stereocenters. The molecule has 1 N–H and O–H groups in total. The number of aliphatic hydroxyl groups is 1. The molecule has 4 nitrogen and oxygen atoms in total. The Morgan fingerprint density at radius 3 is 2.35 bits per heavy atom. The Morgan fingerprint density at radius 2 is 1.88 bits per heavy atom. The van der Waals surface area contributed by atoms with Crippen molar-refractivity contribution >= 4 is 0 Å². The first-order valence-corrected chi connectivity index (χ1v) is 6.47. The van der Waals surface area contributed by atoms with Gasteiger partial charge in [0.15, 0.2) is 5.82 Å². The second-order valence-corrected chi connectivity index (χ2v) is 6.26. The molecule has 0 amide bonds. The number of aromatic nitrogens is 3. The zero-order valence-electron chi connectivity index (χ0n) is 11.3. The predicted molar refractivity (Wildman–Crippen MR) is 66.5 cm³/mol. The molecule has 1 aromatic heterocycles. The summed E-state index contributed by atoms with van der Waals surface area (Å²) in [5, 5.41) is 17.6. The third-order valence-electron chi connectivity index (χ3n) is 3.86. The van der Waals surface area contributed by atoms with Gasteiger partial charge in [-0.2, -0.15) is 0 Å². The van der Waals surface area contributed by atoms with E-state index in [2.05, 4.69) is 42.5 Å². The minimum Gasteiger partial charge on any atom is -0.388 e. The molecule has 1 aliphatic carbocycles. The molecule has 1 atom stereocenters. The average molecular weight is 237 g/mol. The lowest BCUT2D eigenvalue weighted by molar-refractivity contribution is 0.250. The highest BCUT2D eigenvalue weighted by atomic mass is 16.3. The van der Waals surface area contributed by atoms with Crippen LogP contribution in [0, 0.1) is 11.3 Å². The largest absolute Gasteiger partial charge is 0.388 e. The van der Waals surface area contributed by atoms with Crippen LogP contribution in [0.2, 0.25) is 0 Å². The molecule has 0 aliphatic heterocycles. The van der Waals surface area contributed by atoms with Gasteiger partial charge < -0.3 is 9.67 Å². The van der Waals surface area contributed by atoms with E-state index in [4.69, 9.17) is 0 Å². The van der Waals surface area contributed by atoms with Crippen LogP contribution in [0.4, 0.5) is 0 Å². The van der Waals surface area contributed by atoms with Crippen LogP contribution in [0.3, 0.4) is 0 Å². The van der Waals surface area contributed by atoms with Gasteiger partial charge in [-0.15, -0.1) is 10.2 Å². The highest BCUT2D eigenvalue weighted by molar-refractivity contribution is 5.03. The molecule has 1 aromatic rings. The fourth-order valence-corrected chi connectivity index (χ4v) is 1.94. The van der Waals surface area contributed by atoms with Crippen molar-refractivity contribution < 1.29 is 5.11 Å². The van der Waals surface area contributed by atoms with Gasteiger partial charge in [0, 0.05) is 12.5 Å². The summed E-state index contributed by atoms with van der Waals surface area (Å²) in [5.41, 5.74) is 0.277. The summed E-state index contributed by atoms with van der Waals surface area (Å²) in [4.78, 5) is 0. The topological polar surface area (TPSA) is 50.9 Å². The van der Waals surface area contributed by atoms with Crippen molar-refractivity contribution in [2.75, 3.05) is 0 Å². The molecule has 0 radical (unpaired) electrons. The van der Waals surface area contributed by atoms with Gasteiger partial charge in [0.05, 0.1) is 0 Å².